The molecule has 29 heavy (non-hydrogen) atoms. The third-order valence-corrected chi connectivity index (χ3v) is 5.38. The second-order valence-electron chi connectivity index (χ2n) is 6.36. The number of carbonyl (C=O) groups excluding carboxylic acids is 1. The fourth-order valence-electron chi connectivity index (χ4n) is 3.07. The SMILES string of the molecule is COc1ccc([C@H]2C=C(c3ccccc3)NN2C(=O)CSc2ncccn2)cc1. The van der Waals surface area contributed by atoms with Gasteiger partial charge in [0.2, 0.25) is 0 Å². The van der Waals surface area contributed by atoms with E-state index in [-0.39, 0.29) is 17.7 Å². The van der Waals surface area contributed by atoms with Crippen molar-refractivity contribution in [3.8, 4) is 5.75 Å². The van der Waals surface area contributed by atoms with Crippen LogP contribution in [0.3, 0.4) is 0 Å². The molecule has 0 saturated heterocycles. The van der Waals surface area contributed by atoms with Gasteiger partial charge < -0.3 is 4.74 Å². The van der Waals surface area contributed by atoms with Crippen molar-refractivity contribution in [3.63, 3.8) is 0 Å². The van der Waals surface area contributed by atoms with E-state index in [1.165, 1.54) is 11.8 Å². The molecule has 1 aliphatic heterocycles. The van der Waals surface area contributed by atoms with Crippen LogP contribution in [0.1, 0.15) is 17.2 Å². The maximum atomic E-state index is 13.0. The molecule has 0 bridgehead atoms. The average molecular weight is 404 g/mol. The van der Waals surface area contributed by atoms with Crippen LogP contribution in [0.5, 0.6) is 5.75 Å². The van der Waals surface area contributed by atoms with Crippen LogP contribution in [0.15, 0.2) is 84.3 Å². The highest BCUT2D eigenvalue weighted by atomic mass is 32.2. The molecule has 0 saturated carbocycles. The van der Waals surface area contributed by atoms with Crippen molar-refractivity contribution in [2.45, 2.75) is 11.2 Å². The van der Waals surface area contributed by atoms with Gasteiger partial charge in [0.15, 0.2) is 5.16 Å². The summed E-state index contributed by atoms with van der Waals surface area (Å²) < 4.78 is 5.26. The Kier molecular flexibility index (Phi) is 5.76. The van der Waals surface area contributed by atoms with Gasteiger partial charge in [-0.15, -0.1) is 0 Å². The molecule has 0 fully saturated rings. The quantitative estimate of drug-likeness (QED) is 0.499. The second kappa shape index (κ2) is 8.79. The minimum Gasteiger partial charge on any atom is -0.497 e. The van der Waals surface area contributed by atoms with Gasteiger partial charge in [0, 0.05) is 12.4 Å². The number of methoxy groups -OCH3 is 1. The number of ether oxygens (including phenoxy) is 1. The molecule has 1 amide bonds. The molecule has 4 rings (SSSR count). The first-order valence-electron chi connectivity index (χ1n) is 9.14. The summed E-state index contributed by atoms with van der Waals surface area (Å²) in [6, 6.07) is 19.3. The molecule has 1 atom stereocenters. The van der Waals surface area contributed by atoms with Crippen LogP contribution >= 0.6 is 11.8 Å². The molecule has 6 nitrogen and oxygen atoms in total. The summed E-state index contributed by atoms with van der Waals surface area (Å²) >= 11 is 1.32. The van der Waals surface area contributed by atoms with Crippen LogP contribution < -0.4 is 10.2 Å². The van der Waals surface area contributed by atoms with Crippen LogP contribution in [-0.2, 0) is 4.79 Å². The maximum absolute atomic E-state index is 13.0. The molecule has 0 unspecified atom stereocenters. The smallest absolute Gasteiger partial charge is 0.252 e. The summed E-state index contributed by atoms with van der Waals surface area (Å²) in [5.74, 6) is 0.964. The largest absolute Gasteiger partial charge is 0.497 e. The average Bonchev–Trinajstić information content (AvgIpc) is 3.24. The predicted octanol–water partition coefficient (Wildman–Crippen LogP) is 3.71. The summed E-state index contributed by atoms with van der Waals surface area (Å²) in [4.78, 5) is 21.4. The molecule has 0 radical (unpaired) electrons. The molecule has 1 aliphatic rings. The molecule has 0 aliphatic carbocycles. The van der Waals surface area contributed by atoms with Crippen LogP contribution in [-0.4, -0.2) is 33.7 Å². The van der Waals surface area contributed by atoms with Crippen molar-refractivity contribution in [2.75, 3.05) is 12.9 Å². The zero-order valence-corrected chi connectivity index (χ0v) is 16.7. The van der Waals surface area contributed by atoms with Crippen molar-refractivity contribution in [3.05, 3.63) is 90.3 Å². The van der Waals surface area contributed by atoms with Crippen molar-refractivity contribution in [1.29, 1.82) is 0 Å². The number of aromatic nitrogens is 2. The third-order valence-electron chi connectivity index (χ3n) is 4.52. The molecule has 7 heteroatoms. The van der Waals surface area contributed by atoms with Gasteiger partial charge in [-0.3, -0.25) is 10.2 Å². The van der Waals surface area contributed by atoms with Gasteiger partial charge in [-0.1, -0.05) is 54.2 Å². The Hall–Kier alpha value is -3.32. The van der Waals surface area contributed by atoms with Crippen LogP contribution in [0, 0.1) is 0 Å². The summed E-state index contributed by atoms with van der Waals surface area (Å²) in [7, 11) is 1.64. The number of benzene rings is 2. The number of rotatable bonds is 6. The Balaban J connectivity index is 1.57. The summed E-state index contributed by atoms with van der Waals surface area (Å²) in [5.41, 5.74) is 6.21. The third kappa shape index (κ3) is 4.41. The van der Waals surface area contributed by atoms with Crippen molar-refractivity contribution < 1.29 is 9.53 Å². The zero-order valence-electron chi connectivity index (χ0n) is 15.9. The first kappa shape index (κ1) is 19.0. The molecule has 1 aromatic heterocycles. The summed E-state index contributed by atoms with van der Waals surface area (Å²) in [6.07, 6.45) is 5.41. The molecule has 146 valence electrons. The number of thioether (sulfide) groups is 1. The van der Waals surface area contributed by atoms with Crippen molar-refractivity contribution >= 4 is 23.4 Å². The van der Waals surface area contributed by atoms with Gasteiger partial charge >= 0.3 is 0 Å². The molecule has 2 aromatic carbocycles. The van der Waals surface area contributed by atoms with Crippen molar-refractivity contribution in [2.24, 2.45) is 0 Å². The lowest BCUT2D eigenvalue weighted by molar-refractivity contribution is -0.131. The normalized spacial score (nSPS) is 15.6. The van der Waals surface area contributed by atoms with E-state index in [4.69, 9.17) is 4.74 Å². The van der Waals surface area contributed by atoms with Gasteiger partial charge in [-0.25, -0.2) is 15.0 Å². The number of nitrogens with zero attached hydrogens (tertiary/aromatic N) is 3. The zero-order chi connectivity index (χ0) is 20.1. The summed E-state index contributed by atoms with van der Waals surface area (Å²) in [6.45, 7) is 0. The minimum absolute atomic E-state index is 0.0505. The van der Waals surface area contributed by atoms with Gasteiger partial charge in [-0.2, -0.15) is 0 Å². The van der Waals surface area contributed by atoms with Crippen molar-refractivity contribution in [1.82, 2.24) is 20.4 Å². The number of amides is 1. The van der Waals surface area contributed by atoms with Gasteiger partial charge in [0.05, 0.1) is 24.6 Å². The molecule has 2 heterocycles. The van der Waals surface area contributed by atoms with E-state index in [0.717, 1.165) is 22.6 Å². The van der Waals surface area contributed by atoms with Crippen LogP contribution in [0.4, 0.5) is 0 Å². The lowest BCUT2D eigenvalue weighted by atomic mass is 10.0. The first-order chi connectivity index (χ1) is 14.2. The highest BCUT2D eigenvalue weighted by Gasteiger charge is 2.30. The van der Waals surface area contributed by atoms with E-state index in [9.17, 15) is 4.79 Å². The molecule has 1 N–H and O–H groups in total. The van der Waals surface area contributed by atoms with E-state index >= 15 is 0 Å². The molecule has 3 aromatic rings. The maximum Gasteiger partial charge on any atom is 0.252 e. The Labute approximate surface area is 173 Å². The minimum atomic E-state index is -0.221. The first-order valence-corrected chi connectivity index (χ1v) is 10.1. The van der Waals surface area contributed by atoms with Crippen LogP contribution in [0.25, 0.3) is 5.70 Å². The van der Waals surface area contributed by atoms with E-state index in [1.807, 2.05) is 54.6 Å². The lowest BCUT2D eigenvalue weighted by Gasteiger charge is -2.25. The number of hydrogen-bond acceptors (Lipinski definition) is 6. The highest BCUT2D eigenvalue weighted by Crippen LogP contribution is 2.32. The van der Waals surface area contributed by atoms with E-state index < -0.39 is 0 Å². The monoisotopic (exact) mass is 404 g/mol. The second-order valence-corrected chi connectivity index (χ2v) is 7.30. The number of carbonyl (C=O) groups is 1. The van der Waals surface area contributed by atoms with Gasteiger partial charge in [0.25, 0.3) is 5.91 Å². The molecular weight excluding hydrogens is 384 g/mol. The Morgan fingerprint density at radius 1 is 1.07 bits per heavy atom. The molecular formula is C22H20N4O2S. The fraction of sp³-hybridized carbons (Fsp3) is 0.136. The number of hydrazine groups is 1. The van der Waals surface area contributed by atoms with E-state index in [1.54, 1.807) is 30.6 Å². The Morgan fingerprint density at radius 3 is 2.48 bits per heavy atom. The van der Waals surface area contributed by atoms with E-state index in [2.05, 4.69) is 21.5 Å². The van der Waals surface area contributed by atoms with E-state index in [0.29, 0.717) is 5.16 Å². The highest BCUT2D eigenvalue weighted by molar-refractivity contribution is 7.99. The Morgan fingerprint density at radius 2 is 1.79 bits per heavy atom. The van der Waals surface area contributed by atoms with Gasteiger partial charge in [0.1, 0.15) is 5.75 Å². The summed E-state index contributed by atoms with van der Waals surface area (Å²) in [5, 5.41) is 2.25. The topological polar surface area (TPSA) is 67.3 Å². The molecule has 0 spiro atoms. The standard InChI is InChI=1S/C22H20N4O2S/c1-28-18-10-8-17(9-11-18)20-14-19(16-6-3-2-4-7-16)25-26(20)21(27)15-29-22-23-12-5-13-24-22/h2-14,20,25H,15H2,1H3/t20-/m1/s1. The van der Waals surface area contributed by atoms with Crippen LogP contribution in [0.2, 0.25) is 0 Å². The lowest BCUT2D eigenvalue weighted by Crippen LogP contribution is -2.40. The number of nitrogens with one attached hydrogen (secondary N) is 1. The Bertz CT molecular complexity index is 994. The predicted molar refractivity (Wildman–Crippen MR) is 113 cm³/mol. The fourth-order valence-corrected chi connectivity index (χ4v) is 3.73. The van der Waals surface area contributed by atoms with Gasteiger partial charge in [-0.05, 0) is 35.4 Å². The number of hydrogen-bond donors (Lipinski definition) is 1.